The largest absolute Gasteiger partial charge is 0.445 e. The molecule has 0 aliphatic heterocycles. The smallest absolute Gasteiger partial charge is 0.407 e. The Balaban J connectivity index is 1.91. The van der Waals surface area contributed by atoms with Crippen molar-refractivity contribution < 1.29 is 19.4 Å². The lowest BCUT2D eigenvalue weighted by molar-refractivity contribution is 0.121. The summed E-state index contributed by atoms with van der Waals surface area (Å²) < 4.78 is 5.10. The van der Waals surface area contributed by atoms with Crippen LogP contribution in [0.15, 0.2) is 60.7 Å². The molecule has 23 heavy (non-hydrogen) atoms. The number of aliphatic hydroxyl groups excluding tert-OH is 1. The zero-order valence-corrected chi connectivity index (χ0v) is 12.5. The van der Waals surface area contributed by atoms with E-state index in [4.69, 9.17) is 4.74 Å². The molecule has 0 saturated carbocycles. The summed E-state index contributed by atoms with van der Waals surface area (Å²) in [7, 11) is 0. The molecule has 0 aromatic heterocycles. The summed E-state index contributed by atoms with van der Waals surface area (Å²) in [6, 6.07) is 17.7. The van der Waals surface area contributed by atoms with Gasteiger partial charge in [-0.2, -0.15) is 0 Å². The van der Waals surface area contributed by atoms with E-state index in [1.54, 1.807) is 0 Å². The second-order valence-electron chi connectivity index (χ2n) is 5.06. The van der Waals surface area contributed by atoms with Crippen molar-refractivity contribution in [2.75, 3.05) is 0 Å². The van der Waals surface area contributed by atoms with Crippen molar-refractivity contribution in [2.24, 2.45) is 0 Å². The average Bonchev–Trinajstić information content (AvgIpc) is 2.60. The molecule has 0 saturated heterocycles. The zero-order chi connectivity index (χ0) is 16.5. The van der Waals surface area contributed by atoms with E-state index in [9.17, 15) is 14.7 Å². The summed E-state index contributed by atoms with van der Waals surface area (Å²) in [5.74, 6) is 0. The standard InChI is InChI=1S/C18H18NO4/c20-12-17(21)16(11-14-7-3-1-4-8-14)19-18(22)23-13-15-9-5-2-6-10-15/h1-10,16-17,21H,11,13H2,(H,19,22). The number of hydrogen-bond acceptors (Lipinski definition) is 4. The Labute approximate surface area is 134 Å². The molecule has 0 aliphatic carbocycles. The maximum atomic E-state index is 11.9. The third kappa shape index (κ3) is 5.56. The second kappa shape index (κ2) is 8.70. The van der Waals surface area contributed by atoms with Crippen LogP contribution in [0, 0.1) is 0 Å². The van der Waals surface area contributed by atoms with Gasteiger partial charge in [0.15, 0.2) is 0 Å². The van der Waals surface area contributed by atoms with Gasteiger partial charge < -0.3 is 15.2 Å². The monoisotopic (exact) mass is 312 g/mol. The number of carbonyl (C=O) groups is 1. The van der Waals surface area contributed by atoms with Crippen molar-refractivity contribution in [3.8, 4) is 0 Å². The first-order valence-electron chi connectivity index (χ1n) is 7.26. The molecule has 0 spiro atoms. The van der Waals surface area contributed by atoms with Crippen LogP contribution >= 0.6 is 0 Å². The first-order valence-corrected chi connectivity index (χ1v) is 7.26. The molecule has 2 aromatic rings. The van der Waals surface area contributed by atoms with Gasteiger partial charge in [-0.05, 0) is 17.5 Å². The van der Waals surface area contributed by atoms with Gasteiger partial charge in [0.1, 0.15) is 12.7 Å². The number of carbonyl (C=O) groups excluding carboxylic acids is 2. The van der Waals surface area contributed by atoms with Crippen molar-refractivity contribution in [1.82, 2.24) is 5.32 Å². The highest BCUT2D eigenvalue weighted by Gasteiger charge is 2.22. The molecule has 1 radical (unpaired) electrons. The van der Waals surface area contributed by atoms with Crippen molar-refractivity contribution in [1.29, 1.82) is 0 Å². The van der Waals surface area contributed by atoms with Crippen molar-refractivity contribution in [2.45, 2.75) is 25.2 Å². The average molecular weight is 312 g/mol. The molecule has 2 N–H and O–H groups in total. The molecular weight excluding hydrogens is 294 g/mol. The van der Waals surface area contributed by atoms with E-state index < -0.39 is 18.2 Å². The van der Waals surface area contributed by atoms with Crippen LogP contribution in [0.1, 0.15) is 11.1 Å². The first kappa shape index (κ1) is 16.7. The number of rotatable bonds is 7. The minimum absolute atomic E-state index is 0.117. The maximum Gasteiger partial charge on any atom is 0.407 e. The van der Waals surface area contributed by atoms with Crippen molar-refractivity contribution >= 4 is 12.4 Å². The fourth-order valence-corrected chi connectivity index (χ4v) is 2.11. The maximum absolute atomic E-state index is 11.9. The number of ether oxygens (including phenoxy) is 1. The molecule has 0 heterocycles. The fraction of sp³-hybridized carbons (Fsp3) is 0.222. The Morgan fingerprint density at radius 3 is 2.17 bits per heavy atom. The van der Waals surface area contributed by atoms with E-state index in [2.05, 4.69) is 5.32 Å². The van der Waals surface area contributed by atoms with E-state index in [0.29, 0.717) is 6.42 Å². The summed E-state index contributed by atoms with van der Waals surface area (Å²) in [5.41, 5.74) is 1.74. The molecule has 0 fully saturated rings. The predicted octanol–water partition coefficient (Wildman–Crippen LogP) is 1.99. The highest BCUT2D eigenvalue weighted by molar-refractivity contribution is 5.69. The van der Waals surface area contributed by atoms with Gasteiger partial charge in [0.2, 0.25) is 6.29 Å². The summed E-state index contributed by atoms with van der Waals surface area (Å²) in [6.45, 7) is 0.117. The number of benzene rings is 2. The van der Waals surface area contributed by atoms with Crippen LogP contribution < -0.4 is 5.32 Å². The normalized spacial score (nSPS) is 12.9. The number of aliphatic hydroxyl groups is 1. The van der Waals surface area contributed by atoms with E-state index in [0.717, 1.165) is 11.1 Å². The van der Waals surface area contributed by atoms with Crippen molar-refractivity contribution in [3.63, 3.8) is 0 Å². The topological polar surface area (TPSA) is 75.6 Å². The van der Waals surface area contributed by atoms with E-state index >= 15 is 0 Å². The molecule has 5 nitrogen and oxygen atoms in total. The predicted molar refractivity (Wildman–Crippen MR) is 85.4 cm³/mol. The van der Waals surface area contributed by atoms with Gasteiger partial charge in [0.25, 0.3) is 0 Å². The van der Waals surface area contributed by atoms with Crippen LogP contribution in [0.3, 0.4) is 0 Å². The zero-order valence-electron chi connectivity index (χ0n) is 12.5. The number of amides is 1. The molecule has 0 bridgehead atoms. The van der Waals surface area contributed by atoms with E-state index in [1.165, 1.54) is 6.29 Å². The molecule has 1 amide bonds. The number of alkyl carbamates (subject to hydrolysis) is 1. The Morgan fingerprint density at radius 2 is 1.61 bits per heavy atom. The molecule has 2 aromatic carbocycles. The van der Waals surface area contributed by atoms with Crippen LogP contribution in [0.4, 0.5) is 4.79 Å². The fourth-order valence-electron chi connectivity index (χ4n) is 2.11. The Hall–Kier alpha value is -2.66. The summed E-state index contributed by atoms with van der Waals surface area (Å²) in [6.07, 6.45) is -0.305. The molecule has 119 valence electrons. The van der Waals surface area contributed by atoms with Crippen LogP contribution in [0.5, 0.6) is 0 Å². The Bertz CT molecular complexity index is 615. The molecule has 2 rings (SSSR count). The molecular formula is C18H18NO4. The quantitative estimate of drug-likeness (QED) is 0.820. The van der Waals surface area contributed by atoms with Gasteiger partial charge in [-0.1, -0.05) is 60.7 Å². The van der Waals surface area contributed by atoms with Gasteiger partial charge in [-0.3, -0.25) is 4.79 Å². The number of nitrogens with one attached hydrogen (secondary N) is 1. The highest BCUT2D eigenvalue weighted by Crippen LogP contribution is 2.07. The SMILES string of the molecule is O=[C]C(O)C(Cc1ccccc1)NC(=O)OCc1ccccc1. The van der Waals surface area contributed by atoms with E-state index in [-0.39, 0.29) is 6.61 Å². The second-order valence-corrected chi connectivity index (χ2v) is 5.06. The highest BCUT2D eigenvalue weighted by atomic mass is 16.5. The van der Waals surface area contributed by atoms with Gasteiger partial charge in [-0.25, -0.2) is 4.79 Å². The molecule has 0 aliphatic rings. The number of hydrogen-bond donors (Lipinski definition) is 2. The first-order chi connectivity index (χ1) is 11.2. The summed E-state index contributed by atoms with van der Waals surface area (Å²) >= 11 is 0. The minimum Gasteiger partial charge on any atom is -0.445 e. The van der Waals surface area contributed by atoms with Crippen LogP contribution in [-0.4, -0.2) is 29.6 Å². The van der Waals surface area contributed by atoms with Crippen molar-refractivity contribution in [3.05, 3.63) is 71.8 Å². The minimum atomic E-state index is -1.42. The molecule has 5 heteroatoms. The third-order valence-corrected chi connectivity index (χ3v) is 3.32. The molecule has 2 atom stereocenters. The van der Waals surface area contributed by atoms with Gasteiger partial charge in [-0.15, -0.1) is 0 Å². The summed E-state index contributed by atoms with van der Waals surface area (Å²) in [5, 5.41) is 12.2. The summed E-state index contributed by atoms with van der Waals surface area (Å²) in [4.78, 5) is 22.6. The van der Waals surface area contributed by atoms with Gasteiger partial charge in [0, 0.05) is 0 Å². The Kier molecular flexibility index (Phi) is 6.32. The lowest BCUT2D eigenvalue weighted by Crippen LogP contribution is -2.45. The Morgan fingerprint density at radius 1 is 1.04 bits per heavy atom. The van der Waals surface area contributed by atoms with Crippen LogP contribution in [0.25, 0.3) is 0 Å². The lowest BCUT2D eigenvalue weighted by Gasteiger charge is -2.20. The van der Waals surface area contributed by atoms with Gasteiger partial charge >= 0.3 is 6.09 Å². The van der Waals surface area contributed by atoms with E-state index in [1.807, 2.05) is 60.7 Å². The van der Waals surface area contributed by atoms with Gasteiger partial charge in [0.05, 0.1) is 6.04 Å². The van der Waals surface area contributed by atoms with Crippen LogP contribution in [-0.2, 0) is 22.6 Å². The lowest BCUT2D eigenvalue weighted by atomic mass is 10.0. The third-order valence-electron chi connectivity index (χ3n) is 3.32. The van der Waals surface area contributed by atoms with Crippen LogP contribution in [0.2, 0.25) is 0 Å². The molecule has 2 unspecified atom stereocenters.